The van der Waals surface area contributed by atoms with Crippen molar-refractivity contribution in [3.63, 3.8) is 0 Å². The summed E-state index contributed by atoms with van der Waals surface area (Å²) in [5.41, 5.74) is 0.201. The summed E-state index contributed by atoms with van der Waals surface area (Å²) in [5, 5.41) is 1.01. The first-order valence-corrected chi connectivity index (χ1v) is 10.2. The van der Waals surface area contributed by atoms with E-state index in [0.717, 1.165) is 21.8 Å². The average Bonchev–Trinajstić information content (AvgIpc) is 2.90. The molecule has 126 valence electrons. The molecule has 1 aliphatic rings. The molecule has 5 nitrogen and oxygen atoms in total. The molecule has 1 atom stereocenters. The number of nitrogens with zero attached hydrogens (tertiary/aromatic N) is 1. The van der Waals surface area contributed by atoms with Crippen LogP contribution in [0.2, 0.25) is 0 Å². The highest BCUT2D eigenvalue weighted by atomic mass is 32.2. The van der Waals surface area contributed by atoms with Crippen molar-refractivity contribution in [3.05, 3.63) is 71.9 Å². The fourth-order valence-corrected chi connectivity index (χ4v) is 5.50. The highest BCUT2D eigenvalue weighted by molar-refractivity contribution is 7.95. The first-order valence-electron chi connectivity index (χ1n) is 7.06. The first-order chi connectivity index (χ1) is 11.3. The molecule has 0 saturated carbocycles. The number of hydrogen-bond donors (Lipinski definition) is 0. The number of sulfonamides is 1. The molecule has 0 radical (unpaired) electrons. The van der Waals surface area contributed by atoms with E-state index >= 15 is 0 Å². The molecule has 0 bridgehead atoms. The lowest BCUT2D eigenvalue weighted by atomic mass is 10.2. The molecule has 1 heterocycles. The third-order valence-corrected chi connectivity index (χ3v) is 6.84. The fourth-order valence-electron chi connectivity index (χ4n) is 2.51. The van der Waals surface area contributed by atoms with Crippen LogP contribution in [0.5, 0.6) is 0 Å². The standard InChI is InChI=1S/C16H14FNO4S2/c17-13-6-8-14(9-7-13)18(15-10-11-23(19,20)12-15)24(21,22)16-4-2-1-3-5-16/h1-11,15H,12H2/t15-/m0/s1. The van der Waals surface area contributed by atoms with Crippen molar-refractivity contribution in [2.45, 2.75) is 10.9 Å². The molecule has 0 aliphatic carbocycles. The Morgan fingerprint density at radius 1 is 1.00 bits per heavy atom. The highest BCUT2D eigenvalue weighted by Crippen LogP contribution is 2.29. The van der Waals surface area contributed by atoms with Crippen molar-refractivity contribution in [2.75, 3.05) is 10.1 Å². The Hall–Kier alpha value is -2.19. The van der Waals surface area contributed by atoms with E-state index in [0.29, 0.717) is 0 Å². The van der Waals surface area contributed by atoms with E-state index in [1.165, 1.54) is 30.3 Å². The van der Waals surface area contributed by atoms with E-state index in [2.05, 4.69) is 0 Å². The summed E-state index contributed by atoms with van der Waals surface area (Å²) in [4.78, 5) is 0.0343. The van der Waals surface area contributed by atoms with Crippen LogP contribution < -0.4 is 4.31 Å². The topological polar surface area (TPSA) is 71.5 Å². The van der Waals surface area contributed by atoms with Crippen LogP contribution in [0.25, 0.3) is 0 Å². The van der Waals surface area contributed by atoms with E-state index in [1.807, 2.05) is 0 Å². The molecule has 2 aromatic carbocycles. The van der Waals surface area contributed by atoms with E-state index < -0.39 is 31.7 Å². The number of anilines is 1. The fraction of sp³-hybridized carbons (Fsp3) is 0.125. The van der Waals surface area contributed by atoms with Gasteiger partial charge in [0.1, 0.15) is 5.82 Å². The van der Waals surface area contributed by atoms with Crippen molar-refractivity contribution >= 4 is 25.5 Å². The lowest BCUT2D eigenvalue weighted by Gasteiger charge is -2.29. The quantitative estimate of drug-likeness (QED) is 0.832. The summed E-state index contributed by atoms with van der Waals surface area (Å²) >= 11 is 0. The maximum Gasteiger partial charge on any atom is 0.264 e. The second kappa shape index (κ2) is 6.03. The zero-order valence-corrected chi connectivity index (χ0v) is 14.0. The van der Waals surface area contributed by atoms with Crippen LogP contribution in [0.3, 0.4) is 0 Å². The molecule has 0 fully saturated rings. The van der Waals surface area contributed by atoms with E-state index in [-0.39, 0.29) is 16.3 Å². The molecule has 24 heavy (non-hydrogen) atoms. The minimum Gasteiger partial charge on any atom is -0.258 e. The van der Waals surface area contributed by atoms with Gasteiger partial charge in [-0.1, -0.05) is 18.2 Å². The summed E-state index contributed by atoms with van der Waals surface area (Å²) < 4.78 is 63.7. The lowest BCUT2D eigenvalue weighted by Crippen LogP contribution is -2.41. The minimum atomic E-state index is -4.01. The third kappa shape index (κ3) is 3.20. The van der Waals surface area contributed by atoms with E-state index in [4.69, 9.17) is 0 Å². The Labute approximate surface area is 140 Å². The molecule has 0 saturated heterocycles. The van der Waals surface area contributed by atoms with E-state index in [9.17, 15) is 21.2 Å². The number of benzene rings is 2. The maximum absolute atomic E-state index is 13.2. The van der Waals surface area contributed by atoms with Crippen molar-refractivity contribution in [3.8, 4) is 0 Å². The van der Waals surface area contributed by atoms with Crippen LogP contribution in [0.4, 0.5) is 10.1 Å². The molecule has 0 unspecified atom stereocenters. The Balaban J connectivity index is 2.12. The summed E-state index contributed by atoms with van der Waals surface area (Å²) in [6.07, 6.45) is 1.33. The van der Waals surface area contributed by atoms with Gasteiger partial charge in [0.15, 0.2) is 9.84 Å². The molecular formula is C16H14FNO4S2. The van der Waals surface area contributed by atoms with Gasteiger partial charge in [-0.3, -0.25) is 4.31 Å². The second-order valence-corrected chi connectivity index (χ2v) is 9.06. The van der Waals surface area contributed by atoms with Gasteiger partial charge in [-0.2, -0.15) is 0 Å². The first kappa shape index (κ1) is 16.7. The van der Waals surface area contributed by atoms with Crippen molar-refractivity contribution in [2.24, 2.45) is 0 Å². The maximum atomic E-state index is 13.2. The van der Waals surface area contributed by atoms with Crippen LogP contribution in [0, 0.1) is 5.82 Å². The Bertz CT molecular complexity index is 968. The van der Waals surface area contributed by atoms with Gasteiger partial charge >= 0.3 is 0 Å². The average molecular weight is 367 g/mol. The normalized spacial score (nSPS) is 19.3. The molecule has 3 rings (SSSR count). The Morgan fingerprint density at radius 2 is 1.62 bits per heavy atom. The molecule has 0 spiro atoms. The van der Waals surface area contributed by atoms with Gasteiger partial charge in [0.05, 0.1) is 22.4 Å². The highest BCUT2D eigenvalue weighted by Gasteiger charge is 2.35. The summed E-state index contributed by atoms with van der Waals surface area (Å²) in [6, 6.07) is 11.7. The molecule has 1 aliphatic heterocycles. The molecule has 0 N–H and O–H groups in total. The van der Waals surface area contributed by atoms with Crippen molar-refractivity contribution in [1.29, 1.82) is 0 Å². The second-order valence-electron chi connectivity index (χ2n) is 5.32. The summed E-state index contributed by atoms with van der Waals surface area (Å²) in [5.74, 6) is -0.860. The SMILES string of the molecule is O=S1(=O)C=C[C@H](N(c2ccc(F)cc2)S(=O)(=O)c2ccccc2)C1. The molecule has 2 aromatic rings. The number of sulfone groups is 1. The smallest absolute Gasteiger partial charge is 0.258 e. The predicted molar refractivity (Wildman–Crippen MR) is 89.2 cm³/mol. The van der Waals surface area contributed by atoms with Crippen molar-refractivity contribution < 1.29 is 21.2 Å². The molecule has 0 aromatic heterocycles. The van der Waals surface area contributed by atoms with E-state index in [1.54, 1.807) is 18.2 Å². The monoisotopic (exact) mass is 367 g/mol. The molecular weight excluding hydrogens is 353 g/mol. The Kier molecular flexibility index (Phi) is 4.18. The van der Waals surface area contributed by atoms with Gasteiger partial charge < -0.3 is 0 Å². The third-order valence-electron chi connectivity index (χ3n) is 3.59. The van der Waals surface area contributed by atoms with Crippen LogP contribution in [-0.2, 0) is 19.9 Å². The van der Waals surface area contributed by atoms with Crippen LogP contribution in [0.1, 0.15) is 0 Å². The van der Waals surface area contributed by atoms with Gasteiger partial charge in [-0.15, -0.1) is 0 Å². The van der Waals surface area contributed by atoms with Crippen LogP contribution >= 0.6 is 0 Å². The number of hydrogen-bond acceptors (Lipinski definition) is 4. The zero-order valence-electron chi connectivity index (χ0n) is 12.4. The van der Waals surface area contributed by atoms with Gasteiger partial charge in [0.25, 0.3) is 10.0 Å². The summed E-state index contributed by atoms with van der Waals surface area (Å²) in [7, 11) is -7.47. The predicted octanol–water partition coefficient (Wildman–Crippen LogP) is 2.33. The van der Waals surface area contributed by atoms with Gasteiger partial charge in [0, 0.05) is 5.41 Å². The van der Waals surface area contributed by atoms with Crippen LogP contribution in [-0.4, -0.2) is 28.6 Å². The number of rotatable bonds is 4. The number of halogens is 1. The van der Waals surface area contributed by atoms with Gasteiger partial charge in [-0.25, -0.2) is 21.2 Å². The minimum absolute atomic E-state index is 0.0343. The van der Waals surface area contributed by atoms with Crippen molar-refractivity contribution in [1.82, 2.24) is 0 Å². The Morgan fingerprint density at radius 3 is 2.17 bits per heavy atom. The molecule has 0 amide bonds. The van der Waals surface area contributed by atoms with Gasteiger partial charge in [0.2, 0.25) is 0 Å². The van der Waals surface area contributed by atoms with Gasteiger partial charge in [-0.05, 0) is 42.5 Å². The largest absolute Gasteiger partial charge is 0.264 e. The van der Waals surface area contributed by atoms with Crippen LogP contribution in [0.15, 0.2) is 71.0 Å². The zero-order chi connectivity index (χ0) is 17.4. The lowest BCUT2D eigenvalue weighted by molar-refractivity contribution is 0.586. The molecule has 8 heteroatoms. The summed E-state index contributed by atoms with van der Waals surface area (Å²) in [6.45, 7) is 0.